The second-order valence-corrected chi connectivity index (χ2v) is 12.3. The maximum atomic E-state index is 12.4. The monoisotopic (exact) mass is 704 g/mol. The van der Waals surface area contributed by atoms with Gasteiger partial charge in [0.15, 0.2) is 0 Å². The van der Waals surface area contributed by atoms with Crippen LogP contribution in [0.2, 0.25) is 0 Å². The van der Waals surface area contributed by atoms with Gasteiger partial charge in [-0.15, -0.1) is 23.5 Å². The molecule has 20 heteroatoms. The van der Waals surface area contributed by atoms with Crippen LogP contribution in [0.4, 0.5) is 0 Å². The Bertz CT molecular complexity index is 1340. The van der Waals surface area contributed by atoms with Crippen molar-refractivity contribution in [1.82, 2.24) is 15.1 Å². The van der Waals surface area contributed by atoms with Crippen LogP contribution in [0, 0.1) is 0 Å². The van der Waals surface area contributed by atoms with Gasteiger partial charge in [0.25, 0.3) is 5.91 Å². The van der Waals surface area contributed by atoms with Gasteiger partial charge in [0.05, 0.1) is 26.4 Å². The topological polar surface area (TPSA) is 251 Å². The lowest BCUT2D eigenvalue weighted by Crippen LogP contribution is -2.70. The van der Waals surface area contributed by atoms with E-state index in [1.54, 1.807) is 7.11 Å². The van der Waals surface area contributed by atoms with E-state index in [0.717, 1.165) is 4.90 Å². The van der Waals surface area contributed by atoms with Crippen molar-refractivity contribution in [2.75, 3.05) is 64.9 Å². The SMILES string of the molecule is CC(=O)OCC1=C(C(=O)O)N2C(=O)[C@@H](N)C2SC1.COCCOCCOCC(=O)N[C@@H]1C(=O)N2C(C(=O)O)=C(COC(C)=O)CSC12. The van der Waals surface area contributed by atoms with E-state index in [-0.39, 0.29) is 48.9 Å². The molecule has 0 aromatic rings. The van der Waals surface area contributed by atoms with Crippen molar-refractivity contribution in [2.24, 2.45) is 5.73 Å². The molecular formula is C27H36N4O14S2. The molecule has 0 bridgehead atoms. The quantitative estimate of drug-likeness (QED) is 0.0825. The van der Waals surface area contributed by atoms with Gasteiger partial charge in [-0.05, 0) is 0 Å². The molecule has 2 unspecified atom stereocenters. The van der Waals surface area contributed by atoms with Crippen molar-refractivity contribution >= 4 is 65.1 Å². The molecule has 260 valence electrons. The maximum Gasteiger partial charge on any atom is 0.352 e. The number of esters is 2. The van der Waals surface area contributed by atoms with Crippen LogP contribution in [0.25, 0.3) is 0 Å². The fourth-order valence-corrected chi connectivity index (χ4v) is 7.21. The van der Waals surface area contributed by atoms with Gasteiger partial charge in [-0.25, -0.2) is 9.59 Å². The molecule has 4 atom stereocenters. The third-order valence-corrected chi connectivity index (χ3v) is 9.49. The second-order valence-electron chi connectivity index (χ2n) is 10.1. The molecule has 0 aliphatic carbocycles. The van der Waals surface area contributed by atoms with E-state index in [9.17, 15) is 38.7 Å². The molecule has 47 heavy (non-hydrogen) atoms. The summed E-state index contributed by atoms with van der Waals surface area (Å²) in [5, 5.41) is 20.3. The summed E-state index contributed by atoms with van der Waals surface area (Å²) in [5.41, 5.74) is 6.04. The van der Waals surface area contributed by atoms with E-state index in [0.29, 0.717) is 36.7 Å². The van der Waals surface area contributed by atoms with E-state index < -0.39 is 59.1 Å². The molecule has 18 nitrogen and oxygen atoms in total. The molecule has 0 spiro atoms. The molecule has 0 aromatic heterocycles. The molecule has 0 radical (unpaired) electrons. The third-order valence-electron chi connectivity index (χ3n) is 6.79. The number of aliphatic carboxylic acids is 2. The molecule has 4 heterocycles. The van der Waals surface area contributed by atoms with Crippen LogP contribution >= 0.6 is 23.5 Å². The van der Waals surface area contributed by atoms with Crippen LogP contribution in [0.5, 0.6) is 0 Å². The summed E-state index contributed by atoms with van der Waals surface area (Å²) < 4.78 is 24.9. The number of amides is 3. The molecule has 4 aliphatic rings. The first-order chi connectivity index (χ1) is 22.3. The number of hydrogen-bond donors (Lipinski definition) is 4. The minimum Gasteiger partial charge on any atom is -0.477 e. The van der Waals surface area contributed by atoms with E-state index in [1.807, 2.05) is 0 Å². The molecule has 3 amide bonds. The smallest absolute Gasteiger partial charge is 0.352 e. The number of thioether (sulfide) groups is 2. The Morgan fingerprint density at radius 3 is 1.81 bits per heavy atom. The number of fused-ring (bicyclic) bond motifs is 2. The third kappa shape index (κ3) is 9.45. The minimum atomic E-state index is -1.28. The van der Waals surface area contributed by atoms with Gasteiger partial charge < -0.3 is 44.9 Å². The zero-order valence-corrected chi connectivity index (χ0v) is 27.4. The highest BCUT2D eigenvalue weighted by Gasteiger charge is 2.54. The number of ether oxygens (including phenoxy) is 5. The highest BCUT2D eigenvalue weighted by Crippen LogP contribution is 2.41. The van der Waals surface area contributed by atoms with Crippen molar-refractivity contribution in [2.45, 2.75) is 36.7 Å². The number of methoxy groups -OCH3 is 1. The zero-order valence-electron chi connectivity index (χ0n) is 25.8. The summed E-state index contributed by atoms with van der Waals surface area (Å²) in [7, 11) is 1.56. The fourth-order valence-electron chi connectivity index (χ4n) is 4.61. The predicted octanol–water partition coefficient (Wildman–Crippen LogP) is -1.90. The highest BCUT2D eigenvalue weighted by molar-refractivity contribution is 8.00. The molecular weight excluding hydrogens is 668 g/mol. The van der Waals surface area contributed by atoms with E-state index in [2.05, 4.69) is 5.32 Å². The molecule has 2 saturated heterocycles. The van der Waals surface area contributed by atoms with E-state index in [1.165, 1.54) is 42.3 Å². The van der Waals surface area contributed by atoms with Gasteiger partial charge in [0, 0.05) is 43.6 Å². The highest BCUT2D eigenvalue weighted by atomic mass is 32.2. The Labute approximate surface area is 277 Å². The average Bonchev–Trinajstić information content (AvgIpc) is 3.03. The summed E-state index contributed by atoms with van der Waals surface area (Å²) in [5.74, 6) is -4.30. The number of nitrogens with two attached hydrogens (primary N) is 1. The van der Waals surface area contributed by atoms with E-state index >= 15 is 0 Å². The molecule has 4 rings (SSSR count). The summed E-state index contributed by atoms with van der Waals surface area (Å²) >= 11 is 2.67. The Kier molecular flexibility index (Phi) is 14.0. The fraction of sp³-hybridized carbons (Fsp3) is 0.593. The first-order valence-corrected chi connectivity index (χ1v) is 16.2. The number of rotatable bonds is 15. The van der Waals surface area contributed by atoms with Gasteiger partial charge in [0.2, 0.25) is 11.8 Å². The average molecular weight is 705 g/mol. The lowest BCUT2D eigenvalue weighted by molar-refractivity contribution is -0.151. The molecule has 4 aliphatic heterocycles. The largest absolute Gasteiger partial charge is 0.477 e. The van der Waals surface area contributed by atoms with E-state index in [4.69, 9.17) is 34.5 Å². The number of β-lactam (4-membered cyclic amide) rings is 2. The van der Waals surface area contributed by atoms with Gasteiger partial charge in [-0.1, -0.05) is 0 Å². The van der Waals surface area contributed by atoms with Crippen molar-refractivity contribution in [3.05, 3.63) is 22.5 Å². The van der Waals surface area contributed by atoms with Crippen LogP contribution in [0.1, 0.15) is 13.8 Å². The van der Waals surface area contributed by atoms with Gasteiger partial charge in [-0.3, -0.25) is 33.8 Å². The number of carbonyl (C=O) groups excluding carboxylic acids is 5. The standard InChI is InChI=1S/C17H24N2O9S.C10H12N2O5S/c1-10(20)28-7-11-9-29-16-13(15(22)19(16)14(11)17(23)24)18-12(21)8-27-6-5-26-4-3-25-2;1-4(13)17-2-5-3-18-9-6(11)8(14)12(9)7(5)10(15)16/h13,16H,3-9H2,1-2H3,(H,18,21)(H,23,24);6,9H,2-3,11H2,1H3,(H,15,16)/t13-,16?;6-,9?/m11/s1. The van der Waals surface area contributed by atoms with Crippen LogP contribution in [0.15, 0.2) is 22.5 Å². The Morgan fingerprint density at radius 1 is 0.809 bits per heavy atom. The number of nitrogens with zero attached hydrogens (tertiary/aromatic N) is 2. The first-order valence-electron chi connectivity index (χ1n) is 14.1. The Balaban J connectivity index is 0.000000284. The Hall–Kier alpha value is -3.69. The lowest BCUT2D eigenvalue weighted by atomic mass is 10.0. The van der Waals surface area contributed by atoms with Crippen molar-refractivity contribution in [3.8, 4) is 0 Å². The molecule has 0 aromatic carbocycles. The lowest BCUT2D eigenvalue weighted by Gasteiger charge is -2.49. The summed E-state index contributed by atoms with van der Waals surface area (Å²) in [6.45, 7) is 3.32. The number of hydrogen-bond acceptors (Lipinski definition) is 15. The maximum absolute atomic E-state index is 12.4. The zero-order chi connectivity index (χ0) is 34.8. The molecule has 2 fully saturated rings. The van der Waals surface area contributed by atoms with Crippen LogP contribution in [0.3, 0.4) is 0 Å². The van der Waals surface area contributed by atoms with Gasteiger partial charge in [-0.2, -0.15) is 0 Å². The second kappa shape index (κ2) is 17.5. The van der Waals surface area contributed by atoms with Gasteiger partial charge >= 0.3 is 23.9 Å². The van der Waals surface area contributed by atoms with Gasteiger partial charge in [0.1, 0.15) is 54.0 Å². The summed E-state index contributed by atoms with van der Waals surface area (Å²) in [4.78, 5) is 82.8. The van der Waals surface area contributed by atoms with Crippen molar-refractivity contribution in [3.63, 3.8) is 0 Å². The van der Waals surface area contributed by atoms with Crippen LogP contribution in [-0.2, 0) is 57.2 Å². The predicted molar refractivity (Wildman–Crippen MR) is 162 cm³/mol. The van der Waals surface area contributed by atoms with Crippen molar-refractivity contribution < 1.29 is 67.5 Å². The van der Waals surface area contributed by atoms with Crippen molar-refractivity contribution in [1.29, 1.82) is 0 Å². The summed E-state index contributed by atoms with van der Waals surface area (Å²) in [6, 6.07) is -1.49. The number of carbonyl (C=O) groups is 7. The van der Waals surface area contributed by atoms with Crippen LogP contribution < -0.4 is 11.1 Å². The summed E-state index contributed by atoms with van der Waals surface area (Å²) in [6.07, 6.45) is 0. The molecule has 5 N–H and O–H groups in total. The normalized spacial score (nSPS) is 23.0. The first kappa shape index (κ1) is 37.8. The minimum absolute atomic E-state index is 0.105. The molecule has 0 saturated carbocycles. The Morgan fingerprint density at radius 2 is 1.30 bits per heavy atom. The number of carboxylic acid groups (broad SMARTS) is 2. The number of carboxylic acids is 2. The van der Waals surface area contributed by atoms with Crippen LogP contribution in [-0.4, -0.2) is 149 Å². The number of nitrogens with one attached hydrogen (secondary N) is 1.